The van der Waals surface area contributed by atoms with Crippen molar-refractivity contribution in [3.8, 4) is 0 Å². The molecule has 136 valence electrons. The fourth-order valence-corrected chi connectivity index (χ4v) is 4.61. The summed E-state index contributed by atoms with van der Waals surface area (Å²) in [6.07, 6.45) is 5.36. The smallest absolute Gasteiger partial charge is 0.338 e. The second-order valence-electron chi connectivity index (χ2n) is 5.96. The van der Waals surface area contributed by atoms with Gasteiger partial charge in [0, 0.05) is 11.4 Å². The number of aliphatic carboxylic acids is 1. The van der Waals surface area contributed by atoms with Crippen LogP contribution in [0.4, 0.5) is 4.39 Å². The van der Waals surface area contributed by atoms with Crippen LogP contribution in [0.5, 0.6) is 0 Å². The third kappa shape index (κ3) is 4.99. The SMILES string of the molecule is O=C(O)C1=C(SCCCc2ccc(F)cc2)N(Cc2cccs2)CC=C1. The number of halogens is 1. The number of thiophene rings is 1. The third-order valence-corrected chi connectivity index (χ3v) is 6.15. The van der Waals surface area contributed by atoms with Gasteiger partial charge in [-0.15, -0.1) is 23.1 Å². The highest BCUT2D eigenvalue weighted by atomic mass is 32.2. The Kier molecular flexibility index (Phi) is 6.52. The molecular formula is C20H20FNO2S2. The van der Waals surface area contributed by atoms with Crippen LogP contribution in [0.2, 0.25) is 0 Å². The molecule has 1 aliphatic rings. The van der Waals surface area contributed by atoms with Gasteiger partial charge in [0.25, 0.3) is 0 Å². The Morgan fingerprint density at radius 2 is 2.08 bits per heavy atom. The summed E-state index contributed by atoms with van der Waals surface area (Å²) < 4.78 is 13.0. The van der Waals surface area contributed by atoms with E-state index in [1.54, 1.807) is 41.3 Å². The van der Waals surface area contributed by atoms with Crippen molar-refractivity contribution in [1.82, 2.24) is 4.90 Å². The third-order valence-electron chi connectivity index (χ3n) is 4.05. The molecular weight excluding hydrogens is 369 g/mol. The van der Waals surface area contributed by atoms with Crippen molar-refractivity contribution in [2.45, 2.75) is 19.4 Å². The molecule has 0 saturated heterocycles. The predicted molar refractivity (Wildman–Crippen MR) is 106 cm³/mol. The Hall–Kier alpha value is -2.05. The summed E-state index contributed by atoms with van der Waals surface area (Å²) in [6, 6.07) is 10.6. The number of benzene rings is 1. The molecule has 0 spiro atoms. The Morgan fingerprint density at radius 3 is 2.77 bits per heavy atom. The van der Waals surface area contributed by atoms with E-state index >= 15 is 0 Å². The van der Waals surface area contributed by atoms with Gasteiger partial charge in [0.1, 0.15) is 5.82 Å². The predicted octanol–water partition coefficient (Wildman–Crippen LogP) is 4.92. The number of thioether (sulfide) groups is 1. The molecule has 0 amide bonds. The number of carboxylic acid groups (broad SMARTS) is 1. The van der Waals surface area contributed by atoms with Gasteiger partial charge in [-0.25, -0.2) is 9.18 Å². The van der Waals surface area contributed by atoms with Gasteiger partial charge < -0.3 is 10.0 Å². The molecule has 6 heteroatoms. The van der Waals surface area contributed by atoms with Crippen LogP contribution < -0.4 is 0 Å². The van der Waals surface area contributed by atoms with Crippen molar-refractivity contribution in [2.24, 2.45) is 0 Å². The van der Waals surface area contributed by atoms with Gasteiger partial charge in [-0.3, -0.25) is 0 Å². The molecule has 1 aliphatic heterocycles. The topological polar surface area (TPSA) is 40.5 Å². The fourth-order valence-electron chi connectivity index (χ4n) is 2.78. The molecule has 0 bridgehead atoms. The maximum atomic E-state index is 13.0. The molecule has 3 nitrogen and oxygen atoms in total. The zero-order valence-electron chi connectivity index (χ0n) is 14.2. The maximum Gasteiger partial charge on any atom is 0.338 e. The van der Waals surface area contributed by atoms with Gasteiger partial charge in [0.2, 0.25) is 0 Å². The lowest BCUT2D eigenvalue weighted by Gasteiger charge is -2.29. The fraction of sp³-hybridized carbons (Fsp3) is 0.250. The molecule has 0 aliphatic carbocycles. The summed E-state index contributed by atoms with van der Waals surface area (Å²) >= 11 is 3.27. The van der Waals surface area contributed by atoms with E-state index in [0.29, 0.717) is 5.57 Å². The average molecular weight is 390 g/mol. The van der Waals surface area contributed by atoms with Gasteiger partial charge in [-0.2, -0.15) is 0 Å². The Morgan fingerprint density at radius 1 is 1.27 bits per heavy atom. The monoisotopic (exact) mass is 389 g/mol. The van der Waals surface area contributed by atoms with Crippen molar-refractivity contribution in [3.63, 3.8) is 0 Å². The lowest BCUT2D eigenvalue weighted by molar-refractivity contribution is -0.132. The summed E-state index contributed by atoms with van der Waals surface area (Å²) in [5.74, 6) is -0.297. The number of carboxylic acids is 1. The van der Waals surface area contributed by atoms with Crippen LogP contribution in [0.3, 0.4) is 0 Å². The first-order chi connectivity index (χ1) is 12.6. The van der Waals surface area contributed by atoms with Crippen LogP contribution in [-0.2, 0) is 17.8 Å². The summed E-state index contributed by atoms with van der Waals surface area (Å²) in [5, 5.41) is 12.4. The standard InChI is InChI=1S/C20H20FNO2S2/c21-16-9-7-15(8-10-16)4-2-13-26-19-18(20(23)24)6-1-11-22(19)14-17-5-3-12-25-17/h1,3,5-10,12H,2,4,11,13-14H2,(H,23,24). The van der Waals surface area contributed by atoms with E-state index < -0.39 is 5.97 Å². The van der Waals surface area contributed by atoms with Gasteiger partial charge in [0.05, 0.1) is 17.1 Å². The first-order valence-electron chi connectivity index (χ1n) is 8.42. The molecule has 2 aromatic rings. The molecule has 2 heterocycles. The van der Waals surface area contributed by atoms with Crippen LogP contribution >= 0.6 is 23.1 Å². The van der Waals surface area contributed by atoms with E-state index in [9.17, 15) is 14.3 Å². The summed E-state index contributed by atoms with van der Waals surface area (Å²) in [7, 11) is 0. The van der Waals surface area contributed by atoms with E-state index in [1.165, 1.54) is 17.0 Å². The highest BCUT2D eigenvalue weighted by molar-refractivity contribution is 8.03. The summed E-state index contributed by atoms with van der Waals surface area (Å²) in [4.78, 5) is 15.0. The zero-order valence-corrected chi connectivity index (χ0v) is 15.9. The van der Waals surface area contributed by atoms with Crippen LogP contribution in [0.1, 0.15) is 16.9 Å². The molecule has 0 radical (unpaired) electrons. The quantitative estimate of drug-likeness (QED) is 0.651. The second kappa shape index (κ2) is 9.05. The largest absolute Gasteiger partial charge is 0.478 e. The van der Waals surface area contributed by atoms with E-state index in [-0.39, 0.29) is 5.82 Å². The van der Waals surface area contributed by atoms with E-state index in [1.807, 2.05) is 17.5 Å². The van der Waals surface area contributed by atoms with Crippen molar-refractivity contribution in [1.29, 1.82) is 0 Å². The number of hydrogen-bond acceptors (Lipinski definition) is 4. The first-order valence-corrected chi connectivity index (χ1v) is 10.3. The molecule has 1 aromatic heterocycles. The molecule has 1 aromatic carbocycles. The Bertz CT molecular complexity index is 798. The molecule has 3 rings (SSSR count). The van der Waals surface area contributed by atoms with Crippen LogP contribution in [-0.4, -0.2) is 28.3 Å². The summed E-state index contributed by atoms with van der Waals surface area (Å²) in [6.45, 7) is 1.44. The van der Waals surface area contributed by atoms with E-state index in [2.05, 4.69) is 11.0 Å². The molecule has 1 N–H and O–H groups in total. The number of carbonyl (C=O) groups is 1. The number of nitrogens with zero attached hydrogens (tertiary/aromatic N) is 1. The summed E-state index contributed by atoms with van der Waals surface area (Å²) in [5.41, 5.74) is 1.46. The molecule has 0 fully saturated rings. The minimum Gasteiger partial charge on any atom is -0.478 e. The number of rotatable bonds is 8. The van der Waals surface area contributed by atoms with Gasteiger partial charge in [0.15, 0.2) is 0 Å². The average Bonchev–Trinajstić information content (AvgIpc) is 3.14. The van der Waals surface area contributed by atoms with Crippen molar-refractivity contribution in [3.05, 3.63) is 80.8 Å². The van der Waals surface area contributed by atoms with Crippen molar-refractivity contribution >= 4 is 29.1 Å². The number of hydrogen-bond donors (Lipinski definition) is 1. The molecule has 0 unspecified atom stereocenters. The van der Waals surface area contributed by atoms with E-state index in [0.717, 1.165) is 42.3 Å². The lowest BCUT2D eigenvalue weighted by atomic mass is 10.1. The normalized spacial score (nSPS) is 14.1. The Labute approximate surface area is 160 Å². The second-order valence-corrected chi connectivity index (χ2v) is 8.08. The minimum absolute atomic E-state index is 0.224. The van der Waals surface area contributed by atoms with E-state index in [4.69, 9.17) is 0 Å². The molecule has 0 atom stereocenters. The maximum absolute atomic E-state index is 13.0. The number of aryl methyl sites for hydroxylation is 1. The zero-order chi connectivity index (χ0) is 18.4. The first kappa shape index (κ1) is 18.7. The van der Waals surface area contributed by atoms with Crippen molar-refractivity contribution in [2.75, 3.05) is 12.3 Å². The van der Waals surface area contributed by atoms with Gasteiger partial charge >= 0.3 is 5.97 Å². The van der Waals surface area contributed by atoms with Crippen LogP contribution in [0.15, 0.2) is 64.5 Å². The minimum atomic E-state index is -0.891. The molecule has 26 heavy (non-hydrogen) atoms. The van der Waals surface area contributed by atoms with Gasteiger partial charge in [-0.1, -0.05) is 24.3 Å². The highest BCUT2D eigenvalue weighted by Gasteiger charge is 2.21. The van der Waals surface area contributed by atoms with Crippen LogP contribution in [0.25, 0.3) is 0 Å². The lowest BCUT2D eigenvalue weighted by Crippen LogP contribution is -2.26. The highest BCUT2D eigenvalue weighted by Crippen LogP contribution is 2.31. The van der Waals surface area contributed by atoms with Gasteiger partial charge in [-0.05, 0) is 53.8 Å². The molecule has 0 saturated carbocycles. The van der Waals surface area contributed by atoms with Crippen LogP contribution in [0, 0.1) is 5.82 Å². The van der Waals surface area contributed by atoms with Crippen molar-refractivity contribution < 1.29 is 14.3 Å². The Balaban J connectivity index is 1.63.